The van der Waals surface area contributed by atoms with E-state index in [4.69, 9.17) is 8.37 Å². The second kappa shape index (κ2) is 11.1. The first-order valence-corrected chi connectivity index (χ1v) is 6.49. The molecule has 0 saturated heterocycles. The average Bonchev–Trinajstić information content (AvgIpc) is 2.19. The summed E-state index contributed by atoms with van der Waals surface area (Å²) in [4.78, 5) is 0. The van der Waals surface area contributed by atoms with Crippen LogP contribution >= 0.6 is 0 Å². The topological polar surface area (TPSA) is 35.5 Å². The van der Waals surface area contributed by atoms with Gasteiger partial charge in [-0.25, -0.2) is 0 Å². The molecule has 0 aliphatic carbocycles. The van der Waals surface area contributed by atoms with E-state index in [0.717, 1.165) is 38.5 Å². The Kier molecular flexibility index (Phi) is 11.2. The quantitative estimate of drug-likeness (QED) is 0.533. The first-order chi connectivity index (χ1) is 6.81. The summed E-state index contributed by atoms with van der Waals surface area (Å²) in [7, 11) is 0. The highest BCUT2D eigenvalue weighted by Crippen LogP contribution is 1.99. The maximum atomic E-state index is 11.0. The van der Waals surface area contributed by atoms with Gasteiger partial charge >= 0.3 is 11.4 Å². The van der Waals surface area contributed by atoms with Crippen LogP contribution in [0.15, 0.2) is 0 Å². The SMILES string of the molecule is CCCCCOS(=O)OCCCCC. The molecule has 3 nitrogen and oxygen atoms in total. The van der Waals surface area contributed by atoms with E-state index in [2.05, 4.69) is 13.8 Å². The van der Waals surface area contributed by atoms with Crippen LogP contribution in [0.25, 0.3) is 0 Å². The van der Waals surface area contributed by atoms with Crippen molar-refractivity contribution in [2.24, 2.45) is 0 Å². The van der Waals surface area contributed by atoms with Gasteiger partial charge in [-0.3, -0.25) is 8.37 Å². The van der Waals surface area contributed by atoms with Crippen molar-refractivity contribution in [3.8, 4) is 0 Å². The van der Waals surface area contributed by atoms with Gasteiger partial charge in [-0.15, -0.1) is 0 Å². The smallest absolute Gasteiger partial charge is 0.268 e. The molecule has 0 aromatic heterocycles. The van der Waals surface area contributed by atoms with Crippen LogP contribution in [-0.4, -0.2) is 17.4 Å². The van der Waals surface area contributed by atoms with E-state index in [1.165, 1.54) is 0 Å². The Bertz CT molecular complexity index is 125. The third-order valence-corrected chi connectivity index (χ3v) is 2.57. The Hall–Kier alpha value is 0.0700. The van der Waals surface area contributed by atoms with Crippen molar-refractivity contribution < 1.29 is 12.6 Å². The summed E-state index contributed by atoms with van der Waals surface area (Å²) in [6, 6.07) is 0. The van der Waals surface area contributed by atoms with E-state index in [1.54, 1.807) is 0 Å². The van der Waals surface area contributed by atoms with Crippen LogP contribution in [0.4, 0.5) is 0 Å². The summed E-state index contributed by atoms with van der Waals surface area (Å²) in [5.41, 5.74) is 0. The van der Waals surface area contributed by atoms with E-state index < -0.39 is 11.4 Å². The molecule has 0 unspecified atom stereocenters. The third kappa shape index (κ3) is 10.2. The molecule has 0 radical (unpaired) electrons. The van der Waals surface area contributed by atoms with Gasteiger partial charge in [-0.1, -0.05) is 39.5 Å². The fourth-order valence-corrected chi connectivity index (χ4v) is 1.57. The average molecular weight is 222 g/mol. The van der Waals surface area contributed by atoms with Crippen LogP contribution in [0.3, 0.4) is 0 Å². The zero-order valence-corrected chi connectivity index (χ0v) is 10.1. The molecule has 0 aliphatic rings. The van der Waals surface area contributed by atoms with Crippen molar-refractivity contribution in [3.63, 3.8) is 0 Å². The summed E-state index contributed by atoms with van der Waals surface area (Å²) in [5.74, 6) is 0. The van der Waals surface area contributed by atoms with Gasteiger partial charge in [-0.2, -0.15) is 4.21 Å². The Morgan fingerprint density at radius 1 is 0.857 bits per heavy atom. The highest BCUT2D eigenvalue weighted by molar-refractivity contribution is 7.75. The monoisotopic (exact) mass is 222 g/mol. The predicted molar refractivity (Wildman–Crippen MR) is 59.1 cm³/mol. The first-order valence-electron chi connectivity index (χ1n) is 5.49. The molecule has 0 aromatic rings. The van der Waals surface area contributed by atoms with E-state index >= 15 is 0 Å². The molecule has 0 aromatic carbocycles. The van der Waals surface area contributed by atoms with Crippen LogP contribution < -0.4 is 0 Å². The summed E-state index contributed by atoms with van der Waals surface area (Å²) in [5, 5.41) is 0. The summed E-state index contributed by atoms with van der Waals surface area (Å²) < 4.78 is 21.0. The van der Waals surface area contributed by atoms with Gasteiger partial charge in [0, 0.05) is 0 Å². The fourth-order valence-electron chi connectivity index (χ4n) is 0.992. The molecule has 86 valence electrons. The minimum atomic E-state index is -1.53. The second-order valence-electron chi connectivity index (χ2n) is 3.26. The number of unbranched alkanes of at least 4 members (excludes halogenated alkanes) is 4. The standard InChI is InChI=1S/C10H22O3S/c1-3-5-7-9-12-14(11)13-10-8-6-4-2/h3-10H2,1-2H3. The van der Waals surface area contributed by atoms with Crippen LogP contribution in [0.2, 0.25) is 0 Å². The molecule has 0 heterocycles. The lowest BCUT2D eigenvalue weighted by Gasteiger charge is -2.02. The van der Waals surface area contributed by atoms with E-state index in [1.807, 2.05) is 0 Å². The molecule has 0 bridgehead atoms. The van der Waals surface area contributed by atoms with Crippen molar-refractivity contribution >= 4 is 11.4 Å². The van der Waals surface area contributed by atoms with Crippen LogP contribution in [-0.2, 0) is 19.7 Å². The Morgan fingerprint density at radius 3 is 1.64 bits per heavy atom. The highest BCUT2D eigenvalue weighted by atomic mass is 32.2. The lowest BCUT2D eigenvalue weighted by Crippen LogP contribution is -2.04. The molecular formula is C10H22O3S. The largest absolute Gasteiger partial charge is 0.304 e. The number of rotatable bonds is 10. The molecule has 0 N–H and O–H groups in total. The van der Waals surface area contributed by atoms with Gasteiger partial charge in [0.05, 0.1) is 13.2 Å². The number of hydrogen-bond donors (Lipinski definition) is 0. The van der Waals surface area contributed by atoms with Crippen LogP contribution in [0.1, 0.15) is 52.4 Å². The fraction of sp³-hybridized carbons (Fsp3) is 1.00. The highest BCUT2D eigenvalue weighted by Gasteiger charge is 1.99. The van der Waals surface area contributed by atoms with Crippen molar-refractivity contribution in [1.82, 2.24) is 0 Å². The lowest BCUT2D eigenvalue weighted by atomic mass is 10.3. The maximum Gasteiger partial charge on any atom is 0.304 e. The van der Waals surface area contributed by atoms with Gasteiger partial charge in [0.25, 0.3) is 0 Å². The lowest BCUT2D eigenvalue weighted by molar-refractivity contribution is 0.242. The zero-order valence-electron chi connectivity index (χ0n) is 9.29. The Morgan fingerprint density at radius 2 is 1.29 bits per heavy atom. The van der Waals surface area contributed by atoms with Gasteiger partial charge in [0.1, 0.15) is 0 Å². The van der Waals surface area contributed by atoms with E-state index in [9.17, 15) is 4.21 Å². The van der Waals surface area contributed by atoms with Crippen LogP contribution in [0, 0.1) is 0 Å². The normalized spacial score (nSPS) is 11.1. The van der Waals surface area contributed by atoms with Gasteiger partial charge in [0.15, 0.2) is 0 Å². The van der Waals surface area contributed by atoms with Gasteiger partial charge in [0.2, 0.25) is 0 Å². The summed E-state index contributed by atoms with van der Waals surface area (Å²) in [6.07, 6.45) is 6.45. The molecule has 4 heteroatoms. The van der Waals surface area contributed by atoms with Gasteiger partial charge in [-0.05, 0) is 12.8 Å². The van der Waals surface area contributed by atoms with E-state index in [0.29, 0.717) is 13.2 Å². The number of hydrogen-bond acceptors (Lipinski definition) is 3. The minimum Gasteiger partial charge on any atom is -0.268 e. The summed E-state index contributed by atoms with van der Waals surface area (Å²) in [6.45, 7) is 5.32. The molecule has 0 rings (SSSR count). The van der Waals surface area contributed by atoms with Crippen molar-refractivity contribution in [1.29, 1.82) is 0 Å². The molecule has 0 saturated carbocycles. The molecule has 0 atom stereocenters. The molecule has 0 fully saturated rings. The molecule has 14 heavy (non-hydrogen) atoms. The summed E-state index contributed by atoms with van der Waals surface area (Å²) >= 11 is -1.53. The maximum absolute atomic E-state index is 11.0. The zero-order chi connectivity index (χ0) is 10.6. The van der Waals surface area contributed by atoms with Gasteiger partial charge < -0.3 is 0 Å². The minimum absolute atomic E-state index is 0.536. The molecule has 0 aliphatic heterocycles. The predicted octanol–water partition coefficient (Wildman–Crippen LogP) is 2.98. The molecule has 0 amide bonds. The van der Waals surface area contributed by atoms with E-state index in [-0.39, 0.29) is 0 Å². The van der Waals surface area contributed by atoms with Crippen molar-refractivity contribution in [3.05, 3.63) is 0 Å². The second-order valence-corrected chi connectivity index (χ2v) is 4.14. The van der Waals surface area contributed by atoms with Crippen LogP contribution in [0.5, 0.6) is 0 Å². The van der Waals surface area contributed by atoms with Crippen molar-refractivity contribution in [2.75, 3.05) is 13.2 Å². The first kappa shape index (κ1) is 14.1. The Balaban J connectivity index is 3.11. The third-order valence-electron chi connectivity index (χ3n) is 1.85. The van der Waals surface area contributed by atoms with Crippen molar-refractivity contribution in [2.45, 2.75) is 52.4 Å². The molecule has 0 spiro atoms. The Labute approximate surface area is 90.0 Å². The molecular weight excluding hydrogens is 200 g/mol.